The van der Waals surface area contributed by atoms with Crippen molar-refractivity contribution in [2.75, 3.05) is 20.3 Å². The first-order valence-corrected chi connectivity index (χ1v) is 9.63. The Morgan fingerprint density at radius 2 is 1.63 bits per heavy atom. The van der Waals surface area contributed by atoms with Gasteiger partial charge in [0.15, 0.2) is 11.5 Å². The summed E-state index contributed by atoms with van der Waals surface area (Å²) in [5.41, 5.74) is 3.90. The predicted molar refractivity (Wildman–Crippen MR) is 117 cm³/mol. The Morgan fingerprint density at radius 1 is 0.900 bits per heavy atom. The Labute approximate surface area is 176 Å². The van der Waals surface area contributed by atoms with E-state index in [0.717, 1.165) is 23.5 Å². The minimum atomic E-state index is -0.255. The number of hydrogen-bond donors (Lipinski definition) is 1. The molecule has 3 aromatic rings. The smallest absolute Gasteiger partial charge is 0.271 e. The first-order chi connectivity index (χ1) is 14.8. The van der Waals surface area contributed by atoms with Crippen LogP contribution in [-0.2, 0) is 0 Å². The van der Waals surface area contributed by atoms with Gasteiger partial charge in [0.25, 0.3) is 5.91 Å². The second-order valence-electron chi connectivity index (χ2n) is 6.34. The summed E-state index contributed by atoms with van der Waals surface area (Å²) in [6.45, 7) is 1.04. The number of hydrazone groups is 1. The lowest BCUT2D eigenvalue weighted by atomic mass is 10.2. The molecule has 0 bridgehead atoms. The van der Waals surface area contributed by atoms with Gasteiger partial charge in [-0.15, -0.1) is 0 Å². The molecule has 0 aliphatic heterocycles. The fraction of sp³-hybridized carbons (Fsp3) is 0.167. The van der Waals surface area contributed by atoms with E-state index in [1.807, 2.05) is 54.6 Å². The third-order valence-electron chi connectivity index (χ3n) is 4.16. The van der Waals surface area contributed by atoms with Crippen LogP contribution in [0.15, 0.2) is 84.0 Å². The highest BCUT2D eigenvalue weighted by atomic mass is 16.5. The number of benzene rings is 3. The molecule has 3 rings (SSSR count). The van der Waals surface area contributed by atoms with Crippen molar-refractivity contribution in [2.45, 2.75) is 6.42 Å². The number of para-hydroxylation sites is 2. The number of nitrogens with one attached hydrogen (secondary N) is 1. The summed E-state index contributed by atoms with van der Waals surface area (Å²) in [6, 6.07) is 24.0. The van der Waals surface area contributed by atoms with Gasteiger partial charge in [0, 0.05) is 12.0 Å². The molecule has 6 nitrogen and oxygen atoms in total. The van der Waals surface area contributed by atoms with Crippen LogP contribution < -0.4 is 19.6 Å². The summed E-state index contributed by atoms with van der Waals surface area (Å²) in [7, 11) is 1.62. The van der Waals surface area contributed by atoms with E-state index in [1.54, 1.807) is 37.6 Å². The third-order valence-corrected chi connectivity index (χ3v) is 4.16. The quantitative estimate of drug-likeness (QED) is 0.311. The molecule has 3 aromatic carbocycles. The van der Waals surface area contributed by atoms with Gasteiger partial charge in [-0.1, -0.05) is 42.5 Å². The molecule has 0 aromatic heterocycles. The number of amides is 1. The van der Waals surface area contributed by atoms with E-state index in [4.69, 9.17) is 14.2 Å². The maximum Gasteiger partial charge on any atom is 0.271 e. The highest BCUT2D eigenvalue weighted by molar-refractivity contribution is 5.94. The second-order valence-corrected chi connectivity index (χ2v) is 6.34. The van der Waals surface area contributed by atoms with Crippen LogP contribution in [0.5, 0.6) is 17.2 Å². The summed E-state index contributed by atoms with van der Waals surface area (Å²) in [6.07, 6.45) is 2.31. The summed E-state index contributed by atoms with van der Waals surface area (Å²) in [5, 5.41) is 4.01. The van der Waals surface area contributed by atoms with E-state index < -0.39 is 0 Å². The normalized spacial score (nSPS) is 10.6. The van der Waals surface area contributed by atoms with Crippen molar-refractivity contribution in [1.29, 1.82) is 0 Å². The zero-order valence-electron chi connectivity index (χ0n) is 16.8. The van der Waals surface area contributed by atoms with Crippen LogP contribution in [0.25, 0.3) is 0 Å². The van der Waals surface area contributed by atoms with E-state index in [0.29, 0.717) is 24.5 Å². The molecule has 0 spiro atoms. The van der Waals surface area contributed by atoms with Crippen LogP contribution in [-0.4, -0.2) is 32.4 Å². The van der Waals surface area contributed by atoms with Crippen LogP contribution in [0.4, 0.5) is 0 Å². The Bertz CT molecular complexity index is 974. The molecule has 1 amide bonds. The van der Waals surface area contributed by atoms with Crippen molar-refractivity contribution in [2.24, 2.45) is 5.10 Å². The topological polar surface area (TPSA) is 69.2 Å². The molecule has 154 valence electrons. The van der Waals surface area contributed by atoms with Gasteiger partial charge in [-0.25, -0.2) is 5.43 Å². The zero-order chi connectivity index (χ0) is 21.0. The molecule has 1 N–H and O–H groups in total. The van der Waals surface area contributed by atoms with Gasteiger partial charge in [0.05, 0.1) is 26.5 Å². The van der Waals surface area contributed by atoms with Crippen molar-refractivity contribution >= 4 is 12.1 Å². The van der Waals surface area contributed by atoms with Crippen LogP contribution in [0.1, 0.15) is 22.3 Å². The van der Waals surface area contributed by atoms with Gasteiger partial charge in [-0.3, -0.25) is 4.79 Å². The third kappa shape index (κ3) is 6.38. The van der Waals surface area contributed by atoms with Gasteiger partial charge in [0.1, 0.15) is 5.75 Å². The number of hydrogen-bond acceptors (Lipinski definition) is 5. The van der Waals surface area contributed by atoms with Crippen LogP contribution >= 0.6 is 0 Å². The fourth-order valence-electron chi connectivity index (χ4n) is 2.67. The van der Waals surface area contributed by atoms with Gasteiger partial charge < -0.3 is 14.2 Å². The number of ether oxygens (including phenoxy) is 3. The van der Waals surface area contributed by atoms with Crippen molar-refractivity contribution in [1.82, 2.24) is 5.43 Å². The van der Waals surface area contributed by atoms with Crippen molar-refractivity contribution < 1.29 is 19.0 Å². The maximum absolute atomic E-state index is 12.0. The summed E-state index contributed by atoms with van der Waals surface area (Å²) in [4.78, 5) is 12.0. The van der Waals surface area contributed by atoms with E-state index >= 15 is 0 Å². The van der Waals surface area contributed by atoms with Crippen LogP contribution in [0, 0.1) is 0 Å². The van der Waals surface area contributed by atoms with Gasteiger partial charge in [-0.2, -0.15) is 5.10 Å². The molecule has 0 aliphatic carbocycles. The summed E-state index contributed by atoms with van der Waals surface area (Å²) >= 11 is 0. The molecule has 6 heteroatoms. The molecule has 30 heavy (non-hydrogen) atoms. The number of nitrogens with zero attached hydrogens (tertiary/aromatic N) is 1. The molecule has 0 saturated heterocycles. The lowest BCUT2D eigenvalue weighted by molar-refractivity contribution is 0.0955. The highest BCUT2D eigenvalue weighted by Gasteiger charge is 2.03. The molecule has 0 aliphatic rings. The first kappa shape index (κ1) is 20.9. The summed E-state index contributed by atoms with van der Waals surface area (Å²) in [5.74, 6) is 1.90. The molecule has 0 unspecified atom stereocenters. The molecular weight excluding hydrogens is 380 g/mol. The Kier molecular flexibility index (Phi) is 7.85. The number of carbonyl (C=O) groups is 1. The average molecular weight is 404 g/mol. The van der Waals surface area contributed by atoms with Crippen molar-refractivity contribution in [3.8, 4) is 17.2 Å². The van der Waals surface area contributed by atoms with Crippen LogP contribution in [0.3, 0.4) is 0 Å². The van der Waals surface area contributed by atoms with Crippen molar-refractivity contribution in [3.63, 3.8) is 0 Å². The molecule has 0 heterocycles. The molecule has 0 fully saturated rings. The minimum Gasteiger partial charge on any atom is -0.493 e. The van der Waals surface area contributed by atoms with E-state index in [1.165, 1.54) is 0 Å². The number of methoxy groups -OCH3 is 1. The lowest BCUT2D eigenvalue weighted by Gasteiger charge is -2.11. The maximum atomic E-state index is 12.0. The Hall–Kier alpha value is -3.80. The SMILES string of the molecule is COc1ccccc1OCCCOc1cccc(C=NNC(=O)c2ccccc2)c1. The van der Waals surface area contributed by atoms with E-state index in [-0.39, 0.29) is 5.91 Å². The number of carbonyl (C=O) groups excluding carboxylic acids is 1. The second kappa shape index (κ2) is 11.3. The molecular formula is C24H24N2O4. The predicted octanol–water partition coefficient (Wildman–Crippen LogP) is 4.31. The molecule has 0 saturated carbocycles. The minimum absolute atomic E-state index is 0.255. The Morgan fingerprint density at radius 3 is 2.43 bits per heavy atom. The largest absolute Gasteiger partial charge is 0.493 e. The van der Waals surface area contributed by atoms with Gasteiger partial charge >= 0.3 is 0 Å². The first-order valence-electron chi connectivity index (χ1n) is 9.63. The standard InChI is InChI=1S/C24H24N2O4/c1-28-22-13-5-6-14-23(22)30-16-8-15-29-21-12-7-9-19(17-21)18-25-26-24(27)20-10-3-2-4-11-20/h2-7,9-14,17-18H,8,15-16H2,1H3,(H,26,27). The van der Waals surface area contributed by atoms with Gasteiger partial charge in [-0.05, 0) is 42.0 Å². The van der Waals surface area contributed by atoms with E-state index in [9.17, 15) is 4.79 Å². The van der Waals surface area contributed by atoms with E-state index in [2.05, 4.69) is 10.5 Å². The number of rotatable bonds is 10. The monoisotopic (exact) mass is 404 g/mol. The van der Waals surface area contributed by atoms with Crippen LogP contribution in [0.2, 0.25) is 0 Å². The Balaban J connectivity index is 1.42. The average Bonchev–Trinajstić information content (AvgIpc) is 2.80. The lowest BCUT2D eigenvalue weighted by Crippen LogP contribution is -2.17. The molecule has 0 atom stereocenters. The highest BCUT2D eigenvalue weighted by Crippen LogP contribution is 2.25. The summed E-state index contributed by atoms with van der Waals surface area (Å²) < 4.78 is 16.8. The fourth-order valence-corrected chi connectivity index (χ4v) is 2.67. The molecule has 0 radical (unpaired) electrons. The van der Waals surface area contributed by atoms with Gasteiger partial charge in [0.2, 0.25) is 0 Å². The van der Waals surface area contributed by atoms with Crippen molar-refractivity contribution in [3.05, 3.63) is 90.0 Å². The zero-order valence-corrected chi connectivity index (χ0v) is 16.8.